The summed E-state index contributed by atoms with van der Waals surface area (Å²) in [5, 5.41) is 15.2. The number of aliphatic carboxylic acids is 1. The van der Waals surface area contributed by atoms with Crippen molar-refractivity contribution in [2.45, 2.75) is 70.4 Å². The molecule has 3 N–H and O–H groups in total. The van der Waals surface area contributed by atoms with Crippen molar-refractivity contribution in [1.29, 1.82) is 0 Å². The van der Waals surface area contributed by atoms with Crippen molar-refractivity contribution in [2.24, 2.45) is 5.92 Å². The van der Waals surface area contributed by atoms with Gasteiger partial charge in [-0.05, 0) is 37.7 Å². The third-order valence-electron chi connectivity index (χ3n) is 5.51. The van der Waals surface area contributed by atoms with Gasteiger partial charge in [0.2, 0.25) is 0 Å². The third kappa shape index (κ3) is 4.97. The fraction of sp³-hybridized carbons (Fsp3) is 0.600. The van der Waals surface area contributed by atoms with E-state index >= 15 is 0 Å². The molecule has 1 atom stereocenters. The minimum absolute atomic E-state index is 0.0188. The molecule has 0 saturated heterocycles. The first-order valence-corrected chi connectivity index (χ1v) is 9.20. The van der Waals surface area contributed by atoms with Gasteiger partial charge in [0.1, 0.15) is 0 Å². The summed E-state index contributed by atoms with van der Waals surface area (Å²) in [6, 6.07) is 10.1. The van der Waals surface area contributed by atoms with Crippen molar-refractivity contribution in [1.82, 2.24) is 10.6 Å². The van der Waals surface area contributed by atoms with E-state index in [9.17, 15) is 9.59 Å². The van der Waals surface area contributed by atoms with Crippen molar-refractivity contribution in [3.8, 4) is 0 Å². The minimum atomic E-state index is -0.724. The topological polar surface area (TPSA) is 78.4 Å². The van der Waals surface area contributed by atoms with Crippen LogP contribution in [0.4, 0.5) is 4.79 Å². The van der Waals surface area contributed by atoms with E-state index < -0.39 is 5.97 Å². The molecular formula is C20H30N2O3. The lowest BCUT2D eigenvalue weighted by Gasteiger charge is -2.36. The number of benzene rings is 1. The van der Waals surface area contributed by atoms with Gasteiger partial charge in [-0.25, -0.2) is 4.79 Å². The molecule has 1 aliphatic carbocycles. The second-order valence-corrected chi connectivity index (χ2v) is 7.55. The fourth-order valence-electron chi connectivity index (χ4n) is 3.73. The Bertz CT molecular complexity index is 578. The molecule has 0 radical (unpaired) electrons. The first-order valence-electron chi connectivity index (χ1n) is 9.20. The Morgan fingerprint density at radius 1 is 1.16 bits per heavy atom. The average Bonchev–Trinajstić information content (AvgIpc) is 2.60. The molecule has 1 saturated carbocycles. The summed E-state index contributed by atoms with van der Waals surface area (Å²) < 4.78 is 0. The molecule has 0 bridgehead atoms. The van der Waals surface area contributed by atoms with Crippen LogP contribution in [0.5, 0.6) is 0 Å². The number of amides is 2. The molecule has 1 aliphatic rings. The maximum Gasteiger partial charge on any atom is 0.315 e. The summed E-state index contributed by atoms with van der Waals surface area (Å²) in [6.07, 6.45) is 3.55. The smallest absolute Gasteiger partial charge is 0.315 e. The number of hydrogen-bond acceptors (Lipinski definition) is 2. The van der Waals surface area contributed by atoms with Crippen LogP contribution in [-0.2, 0) is 10.2 Å². The van der Waals surface area contributed by atoms with Crippen molar-refractivity contribution in [3.05, 3.63) is 35.9 Å². The molecule has 0 aromatic heterocycles. The van der Waals surface area contributed by atoms with E-state index in [2.05, 4.69) is 43.5 Å². The van der Waals surface area contributed by atoms with Gasteiger partial charge < -0.3 is 15.7 Å². The molecule has 0 aliphatic heterocycles. The highest BCUT2D eigenvalue weighted by atomic mass is 16.4. The van der Waals surface area contributed by atoms with Gasteiger partial charge in [0.05, 0.1) is 5.92 Å². The van der Waals surface area contributed by atoms with E-state index in [1.807, 2.05) is 18.2 Å². The summed E-state index contributed by atoms with van der Waals surface area (Å²) in [5.74, 6) is -0.986. The average molecular weight is 346 g/mol. The molecule has 1 aromatic carbocycles. The van der Waals surface area contributed by atoms with Gasteiger partial charge in [-0.1, -0.05) is 51.1 Å². The number of nitrogens with one attached hydrogen (secondary N) is 2. The van der Waals surface area contributed by atoms with Crippen LogP contribution in [0.2, 0.25) is 0 Å². The molecule has 5 nitrogen and oxygen atoms in total. The highest BCUT2D eigenvalue weighted by Crippen LogP contribution is 2.29. The number of hydrogen-bond donors (Lipinski definition) is 3. The summed E-state index contributed by atoms with van der Waals surface area (Å²) in [7, 11) is 0. The maximum atomic E-state index is 12.4. The van der Waals surface area contributed by atoms with Crippen molar-refractivity contribution < 1.29 is 14.7 Å². The quantitative estimate of drug-likeness (QED) is 0.735. The zero-order valence-electron chi connectivity index (χ0n) is 15.4. The second-order valence-electron chi connectivity index (χ2n) is 7.55. The lowest BCUT2D eigenvalue weighted by atomic mass is 9.76. The molecule has 25 heavy (non-hydrogen) atoms. The van der Waals surface area contributed by atoms with Gasteiger partial charge in [0, 0.05) is 17.5 Å². The molecule has 2 amide bonds. The third-order valence-corrected chi connectivity index (χ3v) is 5.51. The Kier molecular flexibility index (Phi) is 6.45. The lowest BCUT2D eigenvalue weighted by Crippen LogP contribution is -2.52. The van der Waals surface area contributed by atoms with Gasteiger partial charge in [-0.3, -0.25) is 4.79 Å². The van der Waals surface area contributed by atoms with Gasteiger partial charge in [0.15, 0.2) is 0 Å². The van der Waals surface area contributed by atoms with Crippen molar-refractivity contribution in [3.63, 3.8) is 0 Å². The number of rotatable bonds is 6. The van der Waals surface area contributed by atoms with Crippen LogP contribution in [0.15, 0.2) is 30.3 Å². The van der Waals surface area contributed by atoms with Crippen LogP contribution in [-0.4, -0.2) is 29.2 Å². The van der Waals surface area contributed by atoms with E-state index in [1.165, 1.54) is 5.56 Å². The largest absolute Gasteiger partial charge is 0.481 e. The van der Waals surface area contributed by atoms with Gasteiger partial charge in [0.25, 0.3) is 0 Å². The van der Waals surface area contributed by atoms with Gasteiger partial charge >= 0.3 is 12.0 Å². The van der Waals surface area contributed by atoms with E-state index in [-0.39, 0.29) is 29.4 Å². The fourth-order valence-corrected chi connectivity index (χ4v) is 3.73. The first kappa shape index (κ1) is 19.3. The molecule has 1 unspecified atom stereocenters. The SMILES string of the molecule is CCC(NC(=O)NC1CCC(C(=O)O)CC1)C(C)(C)c1ccccc1. The normalized spacial score (nSPS) is 22.0. The second kappa shape index (κ2) is 8.37. The number of urea groups is 1. The highest BCUT2D eigenvalue weighted by molar-refractivity contribution is 5.75. The number of carbonyl (C=O) groups is 2. The Morgan fingerprint density at radius 2 is 1.76 bits per heavy atom. The molecule has 0 heterocycles. The molecule has 5 heteroatoms. The van der Waals surface area contributed by atoms with Crippen LogP contribution in [0.3, 0.4) is 0 Å². The molecule has 2 rings (SSSR count). The van der Waals surface area contributed by atoms with Crippen LogP contribution >= 0.6 is 0 Å². The highest BCUT2D eigenvalue weighted by Gasteiger charge is 2.32. The summed E-state index contributed by atoms with van der Waals surface area (Å²) >= 11 is 0. The Balaban J connectivity index is 1.91. The maximum absolute atomic E-state index is 12.4. The molecule has 138 valence electrons. The summed E-state index contributed by atoms with van der Waals surface area (Å²) in [4.78, 5) is 23.4. The summed E-state index contributed by atoms with van der Waals surface area (Å²) in [6.45, 7) is 6.37. The molecule has 1 fully saturated rings. The zero-order chi connectivity index (χ0) is 18.4. The van der Waals surface area contributed by atoms with Crippen LogP contribution in [0, 0.1) is 5.92 Å². The van der Waals surface area contributed by atoms with Crippen LogP contribution in [0.25, 0.3) is 0 Å². The van der Waals surface area contributed by atoms with Gasteiger partial charge in [-0.15, -0.1) is 0 Å². The summed E-state index contributed by atoms with van der Waals surface area (Å²) in [5.41, 5.74) is 1.03. The Morgan fingerprint density at radius 3 is 2.28 bits per heavy atom. The van der Waals surface area contributed by atoms with E-state index in [0.717, 1.165) is 19.3 Å². The Hall–Kier alpha value is -2.04. The monoisotopic (exact) mass is 346 g/mol. The molecular weight excluding hydrogens is 316 g/mol. The molecule has 1 aromatic rings. The van der Waals surface area contributed by atoms with Crippen molar-refractivity contribution in [2.75, 3.05) is 0 Å². The van der Waals surface area contributed by atoms with E-state index in [0.29, 0.717) is 12.8 Å². The lowest BCUT2D eigenvalue weighted by molar-refractivity contribution is -0.142. The van der Waals surface area contributed by atoms with E-state index in [1.54, 1.807) is 0 Å². The zero-order valence-corrected chi connectivity index (χ0v) is 15.4. The standard InChI is InChI=1S/C20H30N2O3/c1-4-17(20(2,3)15-8-6-5-7-9-15)22-19(25)21-16-12-10-14(11-13-16)18(23)24/h5-9,14,16-17H,4,10-13H2,1-3H3,(H,23,24)(H2,21,22,25). The van der Waals surface area contributed by atoms with Crippen molar-refractivity contribution >= 4 is 12.0 Å². The predicted octanol–water partition coefficient (Wildman–Crippen LogP) is 3.69. The predicted molar refractivity (Wildman–Crippen MR) is 98.6 cm³/mol. The molecule has 0 spiro atoms. The minimum Gasteiger partial charge on any atom is -0.481 e. The first-order chi connectivity index (χ1) is 11.8. The Labute approximate surface area is 150 Å². The number of carboxylic acids is 1. The van der Waals surface area contributed by atoms with Crippen LogP contribution in [0.1, 0.15) is 58.4 Å². The number of carbonyl (C=O) groups excluding carboxylic acids is 1. The van der Waals surface area contributed by atoms with Crippen LogP contribution < -0.4 is 10.6 Å². The van der Waals surface area contributed by atoms with E-state index in [4.69, 9.17) is 5.11 Å². The number of carboxylic acid groups (broad SMARTS) is 1. The van der Waals surface area contributed by atoms with Gasteiger partial charge in [-0.2, -0.15) is 0 Å².